The summed E-state index contributed by atoms with van der Waals surface area (Å²) >= 11 is 3.80. The lowest BCUT2D eigenvalue weighted by Gasteiger charge is -1.94. The molecule has 0 aliphatic rings. The van der Waals surface area contributed by atoms with E-state index in [2.05, 4.69) is 61.5 Å². The zero-order chi connectivity index (χ0) is 14.0. The molecule has 0 saturated carbocycles. The maximum Gasteiger partial charge on any atom is 0.0362 e. The maximum absolute atomic E-state index is 2.38. The Morgan fingerprint density at radius 2 is 1.19 bits per heavy atom. The van der Waals surface area contributed by atoms with Crippen LogP contribution < -0.4 is 0 Å². The van der Waals surface area contributed by atoms with Gasteiger partial charge in [0.1, 0.15) is 0 Å². The quantitative estimate of drug-likeness (QED) is 0.297. The molecule has 100 valence electrons. The lowest BCUT2D eigenvalue weighted by Crippen LogP contribution is -1.70. The van der Waals surface area contributed by atoms with Crippen molar-refractivity contribution in [2.24, 2.45) is 0 Å². The fourth-order valence-corrected chi connectivity index (χ4v) is 5.45. The molecule has 2 heteroatoms. The zero-order valence-corrected chi connectivity index (χ0v) is 13.1. The lowest BCUT2D eigenvalue weighted by atomic mass is 10.1. The monoisotopic (exact) mass is 304 g/mol. The van der Waals surface area contributed by atoms with Crippen LogP contribution in [0, 0.1) is 6.92 Å². The van der Waals surface area contributed by atoms with Gasteiger partial charge in [0.15, 0.2) is 0 Å². The van der Waals surface area contributed by atoms with E-state index >= 15 is 0 Å². The molecular weight excluding hydrogens is 292 g/mol. The minimum atomic E-state index is 1.33. The molecule has 2 aromatic heterocycles. The van der Waals surface area contributed by atoms with Gasteiger partial charge in [-0.2, -0.15) is 0 Å². The minimum absolute atomic E-state index is 1.33. The van der Waals surface area contributed by atoms with Crippen LogP contribution in [0.3, 0.4) is 0 Å². The number of aryl methyl sites for hydroxylation is 1. The van der Waals surface area contributed by atoms with Gasteiger partial charge in [0.2, 0.25) is 0 Å². The summed E-state index contributed by atoms with van der Waals surface area (Å²) in [6.07, 6.45) is 0. The highest BCUT2D eigenvalue weighted by atomic mass is 32.1. The van der Waals surface area contributed by atoms with E-state index in [0.717, 1.165) is 0 Å². The molecule has 0 fully saturated rings. The van der Waals surface area contributed by atoms with Crippen LogP contribution in [-0.4, -0.2) is 0 Å². The second-order valence-corrected chi connectivity index (χ2v) is 7.71. The molecule has 0 spiro atoms. The fourth-order valence-electron chi connectivity index (χ4n) is 3.10. The van der Waals surface area contributed by atoms with Crippen molar-refractivity contribution in [3.05, 3.63) is 60.2 Å². The van der Waals surface area contributed by atoms with Crippen molar-refractivity contribution in [2.45, 2.75) is 6.92 Å². The van der Waals surface area contributed by atoms with Crippen LogP contribution in [0.15, 0.2) is 54.6 Å². The van der Waals surface area contributed by atoms with Crippen molar-refractivity contribution >= 4 is 63.0 Å². The van der Waals surface area contributed by atoms with Gasteiger partial charge in [-0.1, -0.05) is 30.3 Å². The van der Waals surface area contributed by atoms with Crippen LogP contribution in [0.1, 0.15) is 5.56 Å². The standard InChI is InChI=1S/C19H12S2/c1-11-6-7-13-15-10-18-14(9-19(15)21-17(13)8-11)12-4-2-3-5-16(12)20-18/h2-10H,1H3. The average molecular weight is 304 g/mol. The third kappa shape index (κ3) is 1.60. The van der Waals surface area contributed by atoms with E-state index < -0.39 is 0 Å². The summed E-state index contributed by atoms with van der Waals surface area (Å²) in [4.78, 5) is 0. The average Bonchev–Trinajstić information content (AvgIpc) is 3.01. The summed E-state index contributed by atoms with van der Waals surface area (Å²) in [5.41, 5.74) is 1.33. The van der Waals surface area contributed by atoms with Crippen molar-refractivity contribution in [3.63, 3.8) is 0 Å². The highest BCUT2D eigenvalue weighted by Crippen LogP contribution is 2.41. The second-order valence-electron chi connectivity index (χ2n) is 5.54. The van der Waals surface area contributed by atoms with E-state index in [9.17, 15) is 0 Å². The predicted octanol–water partition coefficient (Wildman–Crippen LogP) is 6.73. The Bertz CT molecular complexity index is 1140. The minimum Gasteiger partial charge on any atom is -0.135 e. The molecule has 21 heavy (non-hydrogen) atoms. The van der Waals surface area contributed by atoms with Crippen molar-refractivity contribution in [3.8, 4) is 0 Å². The van der Waals surface area contributed by atoms with Gasteiger partial charge >= 0.3 is 0 Å². The van der Waals surface area contributed by atoms with Crippen molar-refractivity contribution in [1.82, 2.24) is 0 Å². The number of hydrogen-bond acceptors (Lipinski definition) is 2. The van der Waals surface area contributed by atoms with E-state index in [-0.39, 0.29) is 0 Å². The Kier molecular flexibility index (Phi) is 2.27. The summed E-state index contributed by atoms with van der Waals surface area (Å²) in [6.45, 7) is 2.16. The topological polar surface area (TPSA) is 0 Å². The van der Waals surface area contributed by atoms with Gasteiger partial charge in [-0.3, -0.25) is 0 Å². The summed E-state index contributed by atoms with van der Waals surface area (Å²) in [5, 5.41) is 5.56. The maximum atomic E-state index is 2.38. The first kappa shape index (κ1) is 11.7. The summed E-state index contributed by atoms with van der Waals surface area (Å²) in [7, 11) is 0. The molecule has 0 amide bonds. The van der Waals surface area contributed by atoms with Gasteiger partial charge in [-0.05, 0) is 36.8 Å². The first-order valence-electron chi connectivity index (χ1n) is 7.04. The number of benzene rings is 3. The third-order valence-electron chi connectivity index (χ3n) is 4.13. The van der Waals surface area contributed by atoms with Crippen LogP contribution in [0.2, 0.25) is 0 Å². The largest absolute Gasteiger partial charge is 0.135 e. The molecule has 2 heterocycles. The highest BCUT2D eigenvalue weighted by molar-refractivity contribution is 7.27. The number of rotatable bonds is 0. The van der Waals surface area contributed by atoms with Crippen LogP contribution in [0.5, 0.6) is 0 Å². The molecule has 0 aliphatic heterocycles. The Hall–Kier alpha value is -1.90. The normalized spacial score (nSPS) is 12.0. The van der Waals surface area contributed by atoms with Crippen LogP contribution in [0.25, 0.3) is 40.3 Å². The molecule has 0 aliphatic carbocycles. The first-order valence-corrected chi connectivity index (χ1v) is 8.67. The third-order valence-corrected chi connectivity index (χ3v) is 6.38. The Balaban J connectivity index is 2.00. The van der Waals surface area contributed by atoms with Gasteiger partial charge in [-0.15, -0.1) is 22.7 Å². The molecule has 0 saturated heterocycles. The van der Waals surface area contributed by atoms with Gasteiger partial charge in [-0.25, -0.2) is 0 Å². The first-order chi connectivity index (χ1) is 10.3. The van der Waals surface area contributed by atoms with Gasteiger partial charge in [0, 0.05) is 40.3 Å². The highest BCUT2D eigenvalue weighted by Gasteiger charge is 2.10. The molecule has 0 atom stereocenters. The molecule has 0 radical (unpaired) electrons. The molecule has 0 nitrogen and oxygen atoms in total. The van der Waals surface area contributed by atoms with E-state index in [1.54, 1.807) is 0 Å². The van der Waals surface area contributed by atoms with Gasteiger partial charge in [0.05, 0.1) is 0 Å². The van der Waals surface area contributed by atoms with Crippen LogP contribution in [0.4, 0.5) is 0 Å². The van der Waals surface area contributed by atoms with Crippen LogP contribution in [-0.2, 0) is 0 Å². The molecule has 5 aromatic rings. The summed E-state index contributed by atoms with van der Waals surface area (Å²) in [5.74, 6) is 0. The zero-order valence-electron chi connectivity index (χ0n) is 11.5. The predicted molar refractivity (Wildman–Crippen MR) is 97.0 cm³/mol. The Morgan fingerprint density at radius 1 is 0.571 bits per heavy atom. The molecule has 0 bridgehead atoms. The van der Waals surface area contributed by atoms with Gasteiger partial charge in [0.25, 0.3) is 0 Å². The summed E-state index contributed by atoms with van der Waals surface area (Å²) < 4.78 is 5.56. The molecule has 5 rings (SSSR count). The van der Waals surface area contributed by atoms with E-state index in [4.69, 9.17) is 0 Å². The molecule has 0 unspecified atom stereocenters. The van der Waals surface area contributed by atoms with E-state index in [0.29, 0.717) is 0 Å². The molecule has 3 aromatic carbocycles. The fraction of sp³-hybridized carbons (Fsp3) is 0.0526. The summed E-state index contributed by atoms with van der Waals surface area (Å²) in [6, 6.07) is 20.2. The van der Waals surface area contributed by atoms with E-state index in [1.807, 2.05) is 22.7 Å². The number of fused-ring (bicyclic) bond motifs is 6. The van der Waals surface area contributed by atoms with Crippen molar-refractivity contribution < 1.29 is 0 Å². The second kappa shape index (κ2) is 4.06. The van der Waals surface area contributed by atoms with Gasteiger partial charge < -0.3 is 0 Å². The smallest absolute Gasteiger partial charge is 0.0362 e. The SMILES string of the molecule is Cc1ccc2c(c1)sc1cc3c(cc12)sc1ccccc13. The Morgan fingerprint density at radius 3 is 2.00 bits per heavy atom. The number of hydrogen-bond donors (Lipinski definition) is 0. The van der Waals surface area contributed by atoms with Crippen molar-refractivity contribution in [1.29, 1.82) is 0 Å². The van der Waals surface area contributed by atoms with Crippen LogP contribution >= 0.6 is 22.7 Å². The Labute approximate surface area is 130 Å². The van der Waals surface area contributed by atoms with E-state index in [1.165, 1.54) is 45.9 Å². The lowest BCUT2D eigenvalue weighted by molar-refractivity contribution is 1.52. The number of thiophene rings is 2. The molecule has 0 N–H and O–H groups in total. The molecular formula is C19H12S2. The van der Waals surface area contributed by atoms with Crippen molar-refractivity contribution in [2.75, 3.05) is 0 Å².